The Morgan fingerprint density at radius 2 is 1.49 bits per heavy atom. The number of benzene rings is 4. The zero-order valence-corrected chi connectivity index (χ0v) is 20.5. The Labute approximate surface area is 204 Å². The number of phenolic OH excluding ortho intramolecular Hbond substituents is 1. The number of hydrogen-bond acceptors (Lipinski definition) is 5. The molecule has 5 nitrogen and oxygen atoms in total. The third-order valence-electron chi connectivity index (χ3n) is 5.92. The van der Waals surface area contributed by atoms with E-state index in [4.69, 9.17) is 14.0 Å². The number of phenols is 1. The summed E-state index contributed by atoms with van der Waals surface area (Å²) in [5, 5.41) is 13.2. The van der Waals surface area contributed by atoms with Gasteiger partial charge in [0.05, 0.1) is 18.7 Å². The second-order valence-electron chi connectivity index (χ2n) is 8.18. The Morgan fingerprint density at radius 3 is 2.26 bits per heavy atom. The van der Waals surface area contributed by atoms with Crippen LogP contribution in [0, 0.1) is 0 Å². The van der Waals surface area contributed by atoms with Crippen molar-refractivity contribution in [3.63, 3.8) is 0 Å². The number of aromatic hydroxyl groups is 1. The predicted molar refractivity (Wildman–Crippen MR) is 142 cm³/mol. The lowest BCUT2D eigenvalue weighted by Gasteiger charge is -2.18. The van der Waals surface area contributed by atoms with Crippen LogP contribution in [0.25, 0.3) is 43.9 Å². The second-order valence-corrected chi connectivity index (χ2v) is 10.1. The Morgan fingerprint density at radius 1 is 0.743 bits per heavy atom. The van der Waals surface area contributed by atoms with Gasteiger partial charge in [-0.25, -0.2) is 4.98 Å². The molecule has 0 aliphatic heterocycles. The summed E-state index contributed by atoms with van der Waals surface area (Å²) in [4.78, 5) is 4.86. The van der Waals surface area contributed by atoms with Crippen molar-refractivity contribution in [2.45, 2.75) is 13.8 Å². The van der Waals surface area contributed by atoms with E-state index >= 15 is 0 Å². The summed E-state index contributed by atoms with van der Waals surface area (Å²) < 4.78 is 24.6. The number of rotatable bonds is 7. The normalized spacial score (nSPS) is 11.8. The summed E-state index contributed by atoms with van der Waals surface area (Å²) in [6, 6.07) is 29.3. The molecule has 176 valence electrons. The molecule has 0 aliphatic carbocycles. The molecule has 4 aromatic carbocycles. The first-order valence-electron chi connectivity index (χ1n) is 11.6. The van der Waals surface area contributed by atoms with E-state index < -0.39 is 7.60 Å². The van der Waals surface area contributed by atoms with Crippen LogP contribution in [0.2, 0.25) is 0 Å². The van der Waals surface area contributed by atoms with Crippen LogP contribution in [0.15, 0.2) is 91.0 Å². The van der Waals surface area contributed by atoms with Gasteiger partial charge in [0.15, 0.2) is 5.44 Å². The van der Waals surface area contributed by atoms with Gasteiger partial charge in [0.1, 0.15) is 5.75 Å². The highest BCUT2D eigenvalue weighted by molar-refractivity contribution is 7.61. The van der Waals surface area contributed by atoms with Crippen molar-refractivity contribution < 1.29 is 18.7 Å². The average molecular weight is 484 g/mol. The van der Waals surface area contributed by atoms with Crippen molar-refractivity contribution in [2.75, 3.05) is 13.2 Å². The van der Waals surface area contributed by atoms with Crippen molar-refractivity contribution >= 4 is 34.7 Å². The number of fused-ring (bicyclic) bond motifs is 2. The van der Waals surface area contributed by atoms with E-state index in [1.54, 1.807) is 32.0 Å². The van der Waals surface area contributed by atoms with Crippen molar-refractivity contribution in [2.24, 2.45) is 0 Å². The molecule has 0 fully saturated rings. The van der Waals surface area contributed by atoms with Gasteiger partial charge >= 0.3 is 7.60 Å². The Bertz CT molecular complexity index is 1570. The van der Waals surface area contributed by atoms with Gasteiger partial charge in [-0.1, -0.05) is 60.7 Å². The van der Waals surface area contributed by atoms with E-state index in [1.165, 1.54) is 0 Å². The fourth-order valence-electron chi connectivity index (χ4n) is 4.40. The van der Waals surface area contributed by atoms with Gasteiger partial charge in [0.2, 0.25) is 0 Å². The Kier molecular flexibility index (Phi) is 6.40. The molecule has 0 aliphatic rings. The lowest BCUT2D eigenvalue weighted by atomic mass is 9.92. The summed E-state index contributed by atoms with van der Waals surface area (Å²) in [5.41, 5.74) is 4.76. The molecule has 1 heterocycles. The maximum atomic E-state index is 13.5. The molecule has 0 saturated heterocycles. The maximum Gasteiger partial charge on any atom is 0.379 e. The second kappa shape index (κ2) is 9.63. The molecule has 0 unspecified atom stereocenters. The van der Waals surface area contributed by atoms with Gasteiger partial charge in [-0.15, -0.1) is 0 Å². The minimum atomic E-state index is -3.56. The highest BCUT2D eigenvalue weighted by Gasteiger charge is 2.29. The largest absolute Gasteiger partial charge is 0.508 e. The molecule has 35 heavy (non-hydrogen) atoms. The molecule has 0 bridgehead atoms. The highest BCUT2D eigenvalue weighted by atomic mass is 31.2. The number of pyridine rings is 1. The quantitative estimate of drug-likeness (QED) is 0.246. The van der Waals surface area contributed by atoms with Gasteiger partial charge in [-0.05, 0) is 71.6 Å². The standard InChI is InChI=1S/C29H26NO4P/c1-3-33-35(32,34-4-2)28-16-15-22-17-23(21-11-7-12-24(31)18-21)19-27(29(22)30-28)26-14-8-10-20-9-5-6-13-25(20)26/h5-19,31H,3-4H2,1-2H3. The van der Waals surface area contributed by atoms with Crippen LogP contribution in [0.3, 0.4) is 0 Å². The Hall–Kier alpha value is -3.50. The summed E-state index contributed by atoms with van der Waals surface area (Å²) in [6.07, 6.45) is 0. The van der Waals surface area contributed by atoms with Crippen LogP contribution in [-0.2, 0) is 13.6 Å². The summed E-state index contributed by atoms with van der Waals surface area (Å²) >= 11 is 0. The van der Waals surface area contributed by atoms with Gasteiger partial charge in [-0.2, -0.15) is 0 Å². The fourth-order valence-corrected chi connectivity index (χ4v) is 5.90. The monoisotopic (exact) mass is 483 g/mol. The lowest BCUT2D eigenvalue weighted by Crippen LogP contribution is -2.14. The molecule has 1 aromatic heterocycles. The zero-order valence-electron chi connectivity index (χ0n) is 19.6. The first kappa shape index (κ1) is 23.3. The Balaban J connectivity index is 1.82. The van der Waals surface area contributed by atoms with Crippen molar-refractivity contribution in [3.8, 4) is 28.0 Å². The topological polar surface area (TPSA) is 68.7 Å². The lowest BCUT2D eigenvalue weighted by molar-refractivity contribution is 0.229. The summed E-state index contributed by atoms with van der Waals surface area (Å²) in [5.74, 6) is 0.206. The number of hydrogen-bond donors (Lipinski definition) is 1. The fraction of sp³-hybridized carbons (Fsp3) is 0.138. The van der Waals surface area contributed by atoms with Crippen molar-refractivity contribution in [1.82, 2.24) is 4.98 Å². The summed E-state index contributed by atoms with van der Waals surface area (Å²) in [7, 11) is -3.56. The number of nitrogens with zero attached hydrogens (tertiary/aromatic N) is 1. The molecule has 5 aromatic rings. The highest BCUT2D eigenvalue weighted by Crippen LogP contribution is 2.47. The molecule has 0 radical (unpaired) electrons. The minimum absolute atomic E-state index is 0.206. The first-order valence-corrected chi connectivity index (χ1v) is 13.2. The molecule has 0 saturated carbocycles. The molecule has 1 N–H and O–H groups in total. The molecular formula is C29H26NO4P. The van der Waals surface area contributed by atoms with E-state index in [9.17, 15) is 9.67 Å². The van der Waals surface area contributed by atoms with E-state index in [2.05, 4.69) is 30.3 Å². The van der Waals surface area contributed by atoms with E-state index in [1.807, 2.05) is 42.5 Å². The van der Waals surface area contributed by atoms with Crippen LogP contribution in [-0.4, -0.2) is 23.3 Å². The van der Waals surface area contributed by atoms with Crippen LogP contribution >= 0.6 is 7.60 Å². The smallest absolute Gasteiger partial charge is 0.379 e. The van der Waals surface area contributed by atoms with Crippen molar-refractivity contribution in [1.29, 1.82) is 0 Å². The molecule has 6 heteroatoms. The van der Waals surface area contributed by atoms with Gasteiger partial charge in [-0.3, -0.25) is 4.57 Å². The van der Waals surface area contributed by atoms with E-state index in [-0.39, 0.29) is 19.0 Å². The summed E-state index contributed by atoms with van der Waals surface area (Å²) in [6.45, 7) is 4.08. The average Bonchev–Trinajstić information content (AvgIpc) is 2.88. The molecular weight excluding hydrogens is 457 g/mol. The van der Waals surface area contributed by atoms with E-state index in [0.29, 0.717) is 11.0 Å². The van der Waals surface area contributed by atoms with Crippen LogP contribution in [0.4, 0.5) is 0 Å². The maximum absolute atomic E-state index is 13.5. The van der Waals surface area contributed by atoms with Gasteiger partial charge in [0.25, 0.3) is 0 Å². The molecule has 5 rings (SSSR count). The molecule has 0 amide bonds. The van der Waals surface area contributed by atoms with Gasteiger partial charge < -0.3 is 14.2 Å². The predicted octanol–water partition coefficient (Wildman–Crippen LogP) is 7.32. The SMILES string of the molecule is CCOP(=O)(OCC)c1ccc2cc(-c3cccc(O)c3)cc(-c3cccc4ccccc34)c2n1. The van der Waals surface area contributed by atoms with Crippen molar-refractivity contribution in [3.05, 3.63) is 91.0 Å². The third kappa shape index (κ3) is 4.46. The minimum Gasteiger partial charge on any atom is -0.508 e. The van der Waals surface area contributed by atoms with Crippen LogP contribution in [0.1, 0.15) is 13.8 Å². The van der Waals surface area contributed by atoms with Gasteiger partial charge in [0, 0.05) is 10.9 Å². The molecule has 0 atom stereocenters. The first-order chi connectivity index (χ1) is 17.0. The van der Waals surface area contributed by atoms with Crippen LogP contribution < -0.4 is 5.44 Å². The third-order valence-corrected chi connectivity index (χ3v) is 7.92. The molecule has 0 spiro atoms. The van der Waals surface area contributed by atoms with Crippen LogP contribution in [0.5, 0.6) is 5.75 Å². The van der Waals surface area contributed by atoms with E-state index in [0.717, 1.165) is 38.4 Å². The number of aromatic nitrogens is 1. The zero-order chi connectivity index (χ0) is 24.4.